The Bertz CT molecular complexity index is 549. The van der Waals surface area contributed by atoms with Gasteiger partial charge in [0.25, 0.3) is 10.0 Å². The fourth-order valence-electron chi connectivity index (χ4n) is 1.80. The lowest BCUT2D eigenvalue weighted by molar-refractivity contribution is 0.184. The molecule has 1 aromatic carbocycles. The van der Waals surface area contributed by atoms with Crippen molar-refractivity contribution in [2.24, 2.45) is 10.1 Å². The van der Waals surface area contributed by atoms with Crippen LogP contribution in [0.1, 0.15) is 16.7 Å². The molecule has 0 saturated heterocycles. The highest BCUT2D eigenvalue weighted by molar-refractivity contribution is 7.89. The maximum absolute atomic E-state index is 11.4. The molecular formula is C10H12N2O3S. The van der Waals surface area contributed by atoms with E-state index in [1.807, 2.05) is 6.07 Å². The van der Waals surface area contributed by atoms with Crippen molar-refractivity contribution in [2.75, 3.05) is 7.11 Å². The molecule has 0 radical (unpaired) electrons. The molecule has 0 bridgehead atoms. The average molecular weight is 240 g/mol. The first-order valence-electron chi connectivity index (χ1n) is 4.71. The van der Waals surface area contributed by atoms with Crippen LogP contribution in [0.25, 0.3) is 0 Å². The van der Waals surface area contributed by atoms with Gasteiger partial charge in [-0.15, -0.1) is 4.40 Å². The standard InChI is InChI=1S/C10H12N2O3S/c1-15-5-7-3-2-4-8-6-16(13,14)12-10(11)9(7)8/h2-4H,5-6H2,1H3,(H2,11,12). The van der Waals surface area contributed by atoms with E-state index in [4.69, 9.17) is 10.5 Å². The minimum Gasteiger partial charge on any atom is -0.383 e. The number of sulfonamides is 1. The van der Waals surface area contributed by atoms with E-state index in [0.29, 0.717) is 17.7 Å². The monoisotopic (exact) mass is 240 g/mol. The van der Waals surface area contributed by atoms with E-state index in [-0.39, 0.29) is 11.6 Å². The summed E-state index contributed by atoms with van der Waals surface area (Å²) in [5.41, 5.74) is 7.90. The molecule has 2 rings (SSSR count). The van der Waals surface area contributed by atoms with Gasteiger partial charge in [0.1, 0.15) is 5.84 Å². The molecule has 0 atom stereocenters. The molecule has 1 aromatic rings. The molecule has 1 heterocycles. The van der Waals surface area contributed by atoms with Crippen LogP contribution in [0.5, 0.6) is 0 Å². The Labute approximate surface area is 94.0 Å². The van der Waals surface area contributed by atoms with Gasteiger partial charge in [0.2, 0.25) is 0 Å². The van der Waals surface area contributed by atoms with E-state index in [0.717, 1.165) is 5.56 Å². The maximum Gasteiger partial charge on any atom is 0.259 e. The van der Waals surface area contributed by atoms with Crippen molar-refractivity contribution >= 4 is 15.9 Å². The summed E-state index contributed by atoms with van der Waals surface area (Å²) in [6, 6.07) is 5.39. The summed E-state index contributed by atoms with van der Waals surface area (Å²) in [4.78, 5) is 0. The Morgan fingerprint density at radius 2 is 2.25 bits per heavy atom. The lowest BCUT2D eigenvalue weighted by Gasteiger charge is -2.17. The third-order valence-electron chi connectivity index (χ3n) is 2.37. The van der Waals surface area contributed by atoms with E-state index >= 15 is 0 Å². The lowest BCUT2D eigenvalue weighted by atomic mass is 10.0. The number of rotatable bonds is 2. The van der Waals surface area contributed by atoms with Crippen molar-refractivity contribution in [1.29, 1.82) is 0 Å². The van der Waals surface area contributed by atoms with Gasteiger partial charge in [-0.1, -0.05) is 18.2 Å². The molecule has 0 unspecified atom stereocenters. The number of benzene rings is 1. The number of amidine groups is 1. The Balaban J connectivity index is 2.60. The predicted molar refractivity (Wildman–Crippen MR) is 60.5 cm³/mol. The Morgan fingerprint density at radius 3 is 2.94 bits per heavy atom. The van der Waals surface area contributed by atoms with Crippen LogP contribution in [0, 0.1) is 0 Å². The third kappa shape index (κ3) is 1.94. The first kappa shape index (κ1) is 11.1. The van der Waals surface area contributed by atoms with Gasteiger partial charge < -0.3 is 10.5 Å². The van der Waals surface area contributed by atoms with Crippen molar-refractivity contribution in [3.8, 4) is 0 Å². The largest absolute Gasteiger partial charge is 0.383 e. The highest BCUT2D eigenvalue weighted by Crippen LogP contribution is 2.23. The zero-order valence-corrected chi connectivity index (χ0v) is 9.62. The summed E-state index contributed by atoms with van der Waals surface area (Å²) in [6.45, 7) is 0.388. The van der Waals surface area contributed by atoms with Gasteiger partial charge in [-0.05, 0) is 11.1 Å². The summed E-state index contributed by atoms with van der Waals surface area (Å²) in [5, 5.41) is 0. The van der Waals surface area contributed by atoms with Gasteiger partial charge in [-0.25, -0.2) is 8.42 Å². The number of hydrogen-bond acceptors (Lipinski definition) is 4. The molecule has 0 aliphatic carbocycles. The zero-order chi connectivity index (χ0) is 11.8. The van der Waals surface area contributed by atoms with Crippen LogP contribution in [0.2, 0.25) is 0 Å². The number of nitrogens with two attached hydrogens (primary N) is 1. The molecule has 5 nitrogen and oxygen atoms in total. The van der Waals surface area contributed by atoms with E-state index in [1.54, 1.807) is 19.2 Å². The number of fused-ring (bicyclic) bond motifs is 1. The third-order valence-corrected chi connectivity index (χ3v) is 3.52. The second kappa shape index (κ2) is 3.88. The van der Waals surface area contributed by atoms with Crippen LogP contribution in [0.3, 0.4) is 0 Å². The van der Waals surface area contributed by atoms with Crippen molar-refractivity contribution in [2.45, 2.75) is 12.4 Å². The minimum absolute atomic E-state index is 0.0499. The summed E-state index contributed by atoms with van der Waals surface area (Å²) in [5.74, 6) is -0.0467. The van der Waals surface area contributed by atoms with Crippen LogP contribution in [0.15, 0.2) is 22.6 Å². The van der Waals surface area contributed by atoms with Gasteiger partial charge in [0.15, 0.2) is 0 Å². The molecule has 16 heavy (non-hydrogen) atoms. The molecule has 2 N–H and O–H groups in total. The van der Waals surface area contributed by atoms with Crippen LogP contribution in [-0.4, -0.2) is 21.4 Å². The quantitative estimate of drug-likeness (QED) is 0.810. The Hall–Kier alpha value is -1.40. The summed E-state index contributed by atoms with van der Waals surface area (Å²) >= 11 is 0. The number of methoxy groups -OCH3 is 1. The van der Waals surface area contributed by atoms with Gasteiger partial charge in [0.05, 0.1) is 12.4 Å². The van der Waals surface area contributed by atoms with Crippen molar-refractivity contribution in [3.63, 3.8) is 0 Å². The van der Waals surface area contributed by atoms with Gasteiger partial charge >= 0.3 is 0 Å². The van der Waals surface area contributed by atoms with Gasteiger partial charge in [0, 0.05) is 12.7 Å². The Kier molecular flexibility index (Phi) is 2.69. The van der Waals surface area contributed by atoms with Gasteiger partial charge in [-0.3, -0.25) is 0 Å². The fraction of sp³-hybridized carbons (Fsp3) is 0.300. The van der Waals surface area contributed by atoms with Crippen molar-refractivity contribution in [1.82, 2.24) is 0 Å². The first-order chi connectivity index (χ1) is 7.53. The topological polar surface area (TPSA) is 81.8 Å². The first-order valence-corrected chi connectivity index (χ1v) is 6.32. The Morgan fingerprint density at radius 1 is 1.50 bits per heavy atom. The predicted octanol–water partition coefficient (Wildman–Crippen LogP) is 0.382. The SMILES string of the molecule is COCc1cccc2c1C(N)=NS(=O)(=O)C2. The minimum atomic E-state index is -3.45. The average Bonchev–Trinajstić information content (AvgIpc) is 2.15. The number of hydrogen-bond donors (Lipinski definition) is 1. The van der Waals surface area contributed by atoms with Crippen LogP contribution in [-0.2, 0) is 27.1 Å². The molecule has 1 aliphatic rings. The van der Waals surface area contributed by atoms with E-state index in [1.165, 1.54) is 0 Å². The molecular weight excluding hydrogens is 228 g/mol. The normalized spacial score (nSPS) is 17.7. The molecule has 0 amide bonds. The van der Waals surface area contributed by atoms with Crippen LogP contribution < -0.4 is 5.73 Å². The number of ether oxygens (including phenoxy) is 1. The molecule has 0 fully saturated rings. The second-order valence-electron chi connectivity index (χ2n) is 3.59. The van der Waals surface area contributed by atoms with E-state index in [2.05, 4.69) is 4.40 Å². The smallest absolute Gasteiger partial charge is 0.259 e. The van der Waals surface area contributed by atoms with Crippen LogP contribution >= 0.6 is 0 Å². The highest BCUT2D eigenvalue weighted by Gasteiger charge is 2.23. The molecule has 86 valence electrons. The summed E-state index contributed by atoms with van der Waals surface area (Å²) in [7, 11) is -1.88. The van der Waals surface area contributed by atoms with E-state index in [9.17, 15) is 8.42 Å². The van der Waals surface area contributed by atoms with Crippen LogP contribution in [0.4, 0.5) is 0 Å². The molecule has 0 saturated carbocycles. The fourth-order valence-corrected chi connectivity index (χ4v) is 2.89. The highest BCUT2D eigenvalue weighted by atomic mass is 32.2. The summed E-state index contributed by atoms with van der Waals surface area (Å²) in [6.07, 6.45) is 0. The van der Waals surface area contributed by atoms with Crippen molar-refractivity contribution in [3.05, 3.63) is 34.9 Å². The second-order valence-corrected chi connectivity index (χ2v) is 5.22. The number of nitrogens with zero attached hydrogens (tertiary/aromatic N) is 1. The summed E-state index contributed by atoms with van der Waals surface area (Å²) < 4.78 is 31.3. The zero-order valence-electron chi connectivity index (χ0n) is 8.80. The lowest BCUT2D eigenvalue weighted by Crippen LogP contribution is -2.25. The van der Waals surface area contributed by atoms with Crippen molar-refractivity contribution < 1.29 is 13.2 Å². The van der Waals surface area contributed by atoms with E-state index < -0.39 is 10.0 Å². The maximum atomic E-state index is 11.4. The van der Waals surface area contributed by atoms with Gasteiger partial charge in [-0.2, -0.15) is 0 Å². The molecule has 0 spiro atoms. The molecule has 1 aliphatic heterocycles. The molecule has 6 heteroatoms. The molecule has 0 aromatic heterocycles.